The molecule has 0 radical (unpaired) electrons. The smallest absolute Gasteiger partial charge is 0.220 e. The van der Waals surface area contributed by atoms with Gasteiger partial charge in [-0.1, -0.05) is 19.8 Å². The fourth-order valence-electron chi connectivity index (χ4n) is 1.93. The number of primary amides is 1. The predicted octanol–water partition coefficient (Wildman–Crippen LogP) is 0.659. The van der Waals surface area contributed by atoms with Gasteiger partial charge in [-0.15, -0.1) is 0 Å². The summed E-state index contributed by atoms with van der Waals surface area (Å²) < 4.78 is 0. The molecule has 1 saturated carbocycles. The highest BCUT2D eigenvalue weighted by Crippen LogP contribution is 2.29. The summed E-state index contributed by atoms with van der Waals surface area (Å²) in [7, 11) is 0. The molecule has 0 bridgehead atoms. The van der Waals surface area contributed by atoms with Gasteiger partial charge in [0.05, 0.1) is 6.10 Å². The van der Waals surface area contributed by atoms with Crippen molar-refractivity contribution >= 4 is 5.91 Å². The second-order valence-corrected chi connectivity index (χ2v) is 3.71. The van der Waals surface area contributed by atoms with Gasteiger partial charge in [-0.25, -0.2) is 0 Å². The molecule has 0 aromatic rings. The molecule has 0 spiro atoms. The minimum Gasteiger partial charge on any atom is -0.393 e. The van der Waals surface area contributed by atoms with E-state index in [-0.39, 0.29) is 23.8 Å². The summed E-state index contributed by atoms with van der Waals surface area (Å²) in [6.07, 6.45) is 3.62. The summed E-state index contributed by atoms with van der Waals surface area (Å²) in [5, 5.41) is 9.58. The molecule has 70 valence electrons. The van der Waals surface area contributed by atoms with Crippen LogP contribution in [0.4, 0.5) is 0 Å². The number of amides is 1. The summed E-state index contributed by atoms with van der Waals surface area (Å²) in [5.41, 5.74) is 5.18. The fraction of sp³-hybridized carbons (Fsp3) is 0.889. The SMILES string of the molecule is C[C@@H](C(N)=O)[C@@H]1CCCC[C@H]1O. The highest BCUT2D eigenvalue weighted by Gasteiger charge is 2.30. The van der Waals surface area contributed by atoms with Crippen molar-refractivity contribution in [2.24, 2.45) is 17.6 Å². The molecule has 3 N–H and O–H groups in total. The molecule has 1 rings (SSSR count). The van der Waals surface area contributed by atoms with Crippen molar-refractivity contribution in [2.45, 2.75) is 38.7 Å². The third kappa shape index (κ3) is 1.97. The Labute approximate surface area is 72.9 Å². The average molecular weight is 171 g/mol. The van der Waals surface area contributed by atoms with Gasteiger partial charge in [-0.2, -0.15) is 0 Å². The molecule has 3 nitrogen and oxygen atoms in total. The van der Waals surface area contributed by atoms with Crippen molar-refractivity contribution in [3.63, 3.8) is 0 Å². The quantitative estimate of drug-likeness (QED) is 0.641. The third-order valence-electron chi connectivity index (χ3n) is 2.87. The van der Waals surface area contributed by atoms with E-state index in [1.807, 2.05) is 6.92 Å². The summed E-state index contributed by atoms with van der Waals surface area (Å²) >= 11 is 0. The second kappa shape index (κ2) is 3.90. The summed E-state index contributed by atoms with van der Waals surface area (Å²) in [6.45, 7) is 1.81. The van der Waals surface area contributed by atoms with Crippen LogP contribution in [0, 0.1) is 11.8 Å². The molecule has 0 heterocycles. The van der Waals surface area contributed by atoms with Crippen molar-refractivity contribution in [3.05, 3.63) is 0 Å². The highest BCUT2D eigenvalue weighted by molar-refractivity contribution is 5.76. The normalized spacial score (nSPS) is 32.8. The maximum Gasteiger partial charge on any atom is 0.220 e. The Morgan fingerprint density at radius 3 is 2.58 bits per heavy atom. The molecule has 0 aliphatic heterocycles. The molecule has 12 heavy (non-hydrogen) atoms. The molecule has 0 aromatic heterocycles. The molecular weight excluding hydrogens is 154 g/mol. The van der Waals surface area contributed by atoms with Crippen LogP contribution >= 0.6 is 0 Å². The van der Waals surface area contributed by atoms with Crippen LogP contribution < -0.4 is 5.73 Å². The standard InChI is InChI=1S/C9H17NO2/c1-6(9(10)12)7-4-2-3-5-8(7)11/h6-8,11H,2-5H2,1H3,(H2,10,12)/t6-,7+,8-/m1/s1. The van der Waals surface area contributed by atoms with Crippen molar-refractivity contribution < 1.29 is 9.90 Å². The van der Waals surface area contributed by atoms with E-state index in [0.29, 0.717) is 0 Å². The minimum absolute atomic E-state index is 0.0937. The summed E-state index contributed by atoms with van der Waals surface area (Å²) in [4.78, 5) is 10.9. The Hall–Kier alpha value is -0.570. The predicted molar refractivity (Wildman–Crippen MR) is 46.3 cm³/mol. The zero-order valence-electron chi connectivity index (χ0n) is 7.49. The lowest BCUT2D eigenvalue weighted by molar-refractivity contribution is -0.125. The van der Waals surface area contributed by atoms with Crippen LogP contribution in [-0.2, 0) is 4.79 Å². The van der Waals surface area contributed by atoms with Gasteiger partial charge in [0.25, 0.3) is 0 Å². The largest absolute Gasteiger partial charge is 0.393 e. The Balaban J connectivity index is 2.53. The molecule has 0 saturated heterocycles. The van der Waals surface area contributed by atoms with Gasteiger partial charge in [0.2, 0.25) is 5.91 Å². The number of aliphatic hydroxyl groups excluding tert-OH is 1. The molecule has 3 atom stereocenters. The number of aliphatic hydroxyl groups is 1. The molecule has 1 aliphatic rings. The number of carbonyl (C=O) groups is 1. The Morgan fingerprint density at radius 2 is 2.08 bits per heavy atom. The second-order valence-electron chi connectivity index (χ2n) is 3.71. The molecule has 1 amide bonds. The molecule has 1 aliphatic carbocycles. The van der Waals surface area contributed by atoms with E-state index >= 15 is 0 Å². The van der Waals surface area contributed by atoms with Crippen molar-refractivity contribution in [3.8, 4) is 0 Å². The summed E-state index contributed by atoms with van der Waals surface area (Å²) in [5.74, 6) is -0.377. The van der Waals surface area contributed by atoms with Gasteiger partial charge in [-0.3, -0.25) is 4.79 Å². The van der Waals surface area contributed by atoms with Gasteiger partial charge in [0.1, 0.15) is 0 Å². The lowest BCUT2D eigenvalue weighted by atomic mass is 9.78. The number of hydrogen-bond donors (Lipinski definition) is 2. The number of rotatable bonds is 2. The zero-order valence-corrected chi connectivity index (χ0v) is 7.49. The number of nitrogens with two attached hydrogens (primary N) is 1. The first-order chi connectivity index (χ1) is 5.63. The van der Waals surface area contributed by atoms with Crippen LogP contribution in [0.5, 0.6) is 0 Å². The maximum absolute atomic E-state index is 10.9. The molecule has 3 heteroatoms. The van der Waals surface area contributed by atoms with E-state index in [1.54, 1.807) is 0 Å². The highest BCUT2D eigenvalue weighted by atomic mass is 16.3. The first kappa shape index (κ1) is 9.52. The Morgan fingerprint density at radius 1 is 1.50 bits per heavy atom. The zero-order chi connectivity index (χ0) is 9.14. The number of carbonyl (C=O) groups excluding carboxylic acids is 1. The first-order valence-corrected chi connectivity index (χ1v) is 4.60. The minimum atomic E-state index is -0.318. The van der Waals surface area contributed by atoms with E-state index in [4.69, 9.17) is 5.73 Å². The van der Waals surface area contributed by atoms with Crippen molar-refractivity contribution in [1.82, 2.24) is 0 Å². The van der Waals surface area contributed by atoms with Crippen molar-refractivity contribution in [1.29, 1.82) is 0 Å². The monoisotopic (exact) mass is 171 g/mol. The Bertz CT molecular complexity index is 170. The van der Waals surface area contributed by atoms with Crippen LogP contribution in [0.15, 0.2) is 0 Å². The lowest BCUT2D eigenvalue weighted by Gasteiger charge is -2.30. The molecule has 0 aromatic carbocycles. The Kier molecular flexibility index (Phi) is 3.09. The summed E-state index contributed by atoms with van der Waals surface area (Å²) in [6, 6.07) is 0. The van der Waals surface area contributed by atoms with Gasteiger partial charge >= 0.3 is 0 Å². The van der Waals surface area contributed by atoms with E-state index in [0.717, 1.165) is 25.7 Å². The third-order valence-corrected chi connectivity index (χ3v) is 2.87. The van der Waals surface area contributed by atoms with Crippen LogP contribution in [0.3, 0.4) is 0 Å². The van der Waals surface area contributed by atoms with Gasteiger partial charge < -0.3 is 10.8 Å². The first-order valence-electron chi connectivity index (χ1n) is 4.60. The van der Waals surface area contributed by atoms with Crippen molar-refractivity contribution in [2.75, 3.05) is 0 Å². The lowest BCUT2D eigenvalue weighted by Crippen LogP contribution is -2.36. The number of hydrogen-bond acceptors (Lipinski definition) is 2. The van der Waals surface area contributed by atoms with E-state index < -0.39 is 0 Å². The van der Waals surface area contributed by atoms with Crippen LogP contribution in [-0.4, -0.2) is 17.1 Å². The van der Waals surface area contributed by atoms with E-state index in [9.17, 15) is 9.90 Å². The van der Waals surface area contributed by atoms with Crippen LogP contribution in [0.2, 0.25) is 0 Å². The van der Waals surface area contributed by atoms with E-state index in [1.165, 1.54) is 0 Å². The maximum atomic E-state index is 10.9. The molecule has 1 fully saturated rings. The fourth-order valence-corrected chi connectivity index (χ4v) is 1.93. The average Bonchev–Trinajstić information content (AvgIpc) is 2.04. The van der Waals surface area contributed by atoms with Gasteiger partial charge in [-0.05, 0) is 18.8 Å². The topological polar surface area (TPSA) is 63.3 Å². The van der Waals surface area contributed by atoms with Gasteiger partial charge in [0.15, 0.2) is 0 Å². The molecular formula is C9H17NO2. The van der Waals surface area contributed by atoms with Crippen LogP contribution in [0.25, 0.3) is 0 Å². The molecule has 0 unspecified atom stereocenters. The van der Waals surface area contributed by atoms with Gasteiger partial charge in [0, 0.05) is 5.92 Å². The van der Waals surface area contributed by atoms with E-state index in [2.05, 4.69) is 0 Å². The van der Waals surface area contributed by atoms with Crippen LogP contribution in [0.1, 0.15) is 32.6 Å².